The SMILES string of the molecule is N#C/C(C(=O)NCCc1ccccc1)=C1/SC(Cc2ccc(Br)cc2)C(=O)N1c1ccc(F)cc1. The predicted octanol–water partition coefficient (Wildman–Crippen LogP) is 5.37. The van der Waals surface area contributed by atoms with Crippen LogP contribution in [0.3, 0.4) is 0 Å². The second kappa shape index (κ2) is 11.3. The monoisotopic (exact) mass is 549 g/mol. The average Bonchev–Trinajstić information content (AvgIpc) is 3.17. The van der Waals surface area contributed by atoms with Crippen molar-refractivity contribution in [1.82, 2.24) is 5.32 Å². The fourth-order valence-corrected chi connectivity index (χ4v) is 5.27. The van der Waals surface area contributed by atoms with Crippen LogP contribution in [0.15, 0.2) is 93.9 Å². The van der Waals surface area contributed by atoms with E-state index in [2.05, 4.69) is 21.2 Å². The topological polar surface area (TPSA) is 73.2 Å². The maximum atomic E-state index is 13.6. The molecule has 176 valence electrons. The van der Waals surface area contributed by atoms with Crippen molar-refractivity contribution >= 4 is 45.2 Å². The first-order valence-corrected chi connectivity index (χ1v) is 12.6. The van der Waals surface area contributed by atoms with E-state index in [1.165, 1.54) is 40.9 Å². The number of carbonyl (C=O) groups excluding carboxylic acids is 2. The zero-order valence-electron chi connectivity index (χ0n) is 18.6. The maximum Gasteiger partial charge on any atom is 0.264 e. The number of nitrogens with one attached hydrogen (secondary N) is 1. The zero-order chi connectivity index (χ0) is 24.8. The van der Waals surface area contributed by atoms with E-state index >= 15 is 0 Å². The van der Waals surface area contributed by atoms with Crippen molar-refractivity contribution in [1.29, 1.82) is 5.26 Å². The zero-order valence-corrected chi connectivity index (χ0v) is 21.0. The molecule has 3 aromatic carbocycles. The molecule has 1 saturated heterocycles. The number of benzene rings is 3. The van der Waals surface area contributed by atoms with E-state index in [4.69, 9.17) is 0 Å². The van der Waals surface area contributed by atoms with Crippen LogP contribution in [0.25, 0.3) is 0 Å². The lowest BCUT2D eigenvalue weighted by Crippen LogP contribution is -2.32. The first-order chi connectivity index (χ1) is 17.0. The van der Waals surface area contributed by atoms with Crippen LogP contribution in [0.1, 0.15) is 11.1 Å². The maximum absolute atomic E-state index is 13.6. The highest BCUT2D eigenvalue weighted by Crippen LogP contribution is 2.42. The lowest BCUT2D eigenvalue weighted by molar-refractivity contribution is -0.117. The van der Waals surface area contributed by atoms with Crippen molar-refractivity contribution in [2.24, 2.45) is 0 Å². The molecule has 1 heterocycles. The number of hydrogen-bond donors (Lipinski definition) is 1. The fraction of sp³-hybridized carbons (Fsp3) is 0.148. The van der Waals surface area contributed by atoms with Gasteiger partial charge in [-0.25, -0.2) is 4.39 Å². The fourth-order valence-electron chi connectivity index (χ4n) is 3.70. The van der Waals surface area contributed by atoms with Gasteiger partial charge in [-0.1, -0.05) is 70.2 Å². The Kier molecular flexibility index (Phi) is 8.01. The van der Waals surface area contributed by atoms with Gasteiger partial charge in [0.25, 0.3) is 5.91 Å². The Morgan fingerprint density at radius 3 is 2.37 bits per heavy atom. The Labute approximate surface area is 215 Å². The molecule has 0 spiro atoms. The minimum absolute atomic E-state index is 0.140. The molecule has 0 bridgehead atoms. The quantitative estimate of drug-likeness (QED) is 0.317. The molecule has 35 heavy (non-hydrogen) atoms. The highest BCUT2D eigenvalue weighted by atomic mass is 79.9. The van der Waals surface area contributed by atoms with Crippen molar-refractivity contribution in [2.45, 2.75) is 18.1 Å². The van der Waals surface area contributed by atoms with Gasteiger partial charge in [0.05, 0.1) is 5.25 Å². The van der Waals surface area contributed by atoms with Crippen LogP contribution in [0.4, 0.5) is 10.1 Å². The Hall–Kier alpha value is -3.41. The number of hydrogen-bond acceptors (Lipinski definition) is 4. The van der Waals surface area contributed by atoms with Crippen LogP contribution in [0.5, 0.6) is 0 Å². The lowest BCUT2D eigenvalue weighted by Gasteiger charge is -2.18. The minimum atomic E-state index is -0.546. The van der Waals surface area contributed by atoms with Crippen LogP contribution < -0.4 is 10.2 Å². The van der Waals surface area contributed by atoms with Crippen LogP contribution in [0.2, 0.25) is 0 Å². The number of amides is 2. The standard InChI is InChI=1S/C27H21BrFN3O2S/c28-20-8-6-19(7-9-20)16-24-26(34)32(22-12-10-21(29)11-13-22)27(35-24)23(17-30)25(33)31-15-14-18-4-2-1-3-5-18/h1-13,24H,14-16H2,(H,31,33)/b27-23-. The van der Waals surface area contributed by atoms with E-state index < -0.39 is 17.0 Å². The summed E-state index contributed by atoms with van der Waals surface area (Å²) < 4.78 is 14.5. The minimum Gasteiger partial charge on any atom is -0.351 e. The molecule has 0 radical (unpaired) electrons. The molecule has 1 aliphatic heterocycles. The average molecular weight is 550 g/mol. The van der Waals surface area contributed by atoms with Gasteiger partial charge in [-0.3, -0.25) is 14.5 Å². The van der Waals surface area contributed by atoms with Gasteiger partial charge in [0, 0.05) is 16.7 Å². The third-order valence-corrected chi connectivity index (χ3v) is 7.26. The van der Waals surface area contributed by atoms with Gasteiger partial charge in [-0.15, -0.1) is 0 Å². The lowest BCUT2D eigenvalue weighted by atomic mass is 10.1. The first-order valence-electron chi connectivity index (χ1n) is 10.9. The van der Waals surface area contributed by atoms with Crippen molar-refractivity contribution in [2.75, 3.05) is 11.4 Å². The van der Waals surface area contributed by atoms with E-state index in [0.29, 0.717) is 25.1 Å². The Bertz CT molecular complexity index is 1290. The summed E-state index contributed by atoms with van der Waals surface area (Å²) in [6, 6.07) is 24.8. The third kappa shape index (κ3) is 5.99. The molecule has 1 atom stereocenters. The number of anilines is 1. The van der Waals surface area contributed by atoms with Gasteiger partial charge >= 0.3 is 0 Å². The summed E-state index contributed by atoms with van der Waals surface area (Å²) in [5.74, 6) is -1.25. The van der Waals surface area contributed by atoms with E-state index in [-0.39, 0.29) is 16.5 Å². The van der Waals surface area contributed by atoms with Gasteiger partial charge in [0.1, 0.15) is 22.5 Å². The number of thioether (sulfide) groups is 1. The largest absolute Gasteiger partial charge is 0.351 e. The van der Waals surface area contributed by atoms with Crippen molar-refractivity contribution in [3.8, 4) is 6.07 Å². The summed E-state index contributed by atoms with van der Waals surface area (Å²) in [6.45, 7) is 0.346. The summed E-state index contributed by atoms with van der Waals surface area (Å²) in [7, 11) is 0. The molecule has 0 saturated carbocycles. The number of nitrogens with zero attached hydrogens (tertiary/aromatic N) is 2. The number of carbonyl (C=O) groups is 2. The second-order valence-corrected chi connectivity index (χ2v) is 9.98. The van der Waals surface area contributed by atoms with Crippen molar-refractivity contribution in [3.63, 3.8) is 0 Å². The summed E-state index contributed by atoms with van der Waals surface area (Å²) >= 11 is 4.59. The molecule has 1 aliphatic rings. The molecular formula is C27H21BrFN3O2S. The summed E-state index contributed by atoms with van der Waals surface area (Å²) in [6.07, 6.45) is 1.03. The van der Waals surface area contributed by atoms with Crippen LogP contribution in [0, 0.1) is 17.1 Å². The predicted molar refractivity (Wildman–Crippen MR) is 139 cm³/mol. The van der Waals surface area contributed by atoms with Crippen molar-refractivity contribution < 1.29 is 14.0 Å². The van der Waals surface area contributed by atoms with E-state index in [9.17, 15) is 19.2 Å². The smallest absolute Gasteiger partial charge is 0.264 e. The Morgan fingerprint density at radius 2 is 1.71 bits per heavy atom. The van der Waals surface area contributed by atoms with E-state index in [0.717, 1.165) is 15.6 Å². The van der Waals surface area contributed by atoms with Crippen LogP contribution in [-0.2, 0) is 22.4 Å². The number of nitriles is 1. The van der Waals surface area contributed by atoms with Crippen LogP contribution >= 0.6 is 27.7 Å². The number of rotatable bonds is 7. The number of halogens is 2. The van der Waals surface area contributed by atoms with Crippen LogP contribution in [-0.4, -0.2) is 23.6 Å². The second-order valence-electron chi connectivity index (χ2n) is 7.87. The summed E-state index contributed by atoms with van der Waals surface area (Å²) in [4.78, 5) is 27.8. The highest BCUT2D eigenvalue weighted by molar-refractivity contribution is 9.10. The highest BCUT2D eigenvalue weighted by Gasteiger charge is 2.40. The molecule has 0 aromatic heterocycles. The van der Waals surface area contributed by atoms with Gasteiger partial charge < -0.3 is 5.32 Å². The van der Waals surface area contributed by atoms with Gasteiger partial charge in [-0.2, -0.15) is 5.26 Å². The molecular weight excluding hydrogens is 529 g/mol. The Balaban J connectivity index is 1.61. The summed E-state index contributed by atoms with van der Waals surface area (Å²) in [5.41, 5.74) is 2.28. The summed E-state index contributed by atoms with van der Waals surface area (Å²) in [5, 5.41) is 12.4. The van der Waals surface area contributed by atoms with E-state index in [1.807, 2.05) is 60.7 Å². The Morgan fingerprint density at radius 1 is 1.03 bits per heavy atom. The van der Waals surface area contributed by atoms with Gasteiger partial charge in [0.15, 0.2) is 0 Å². The molecule has 3 aromatic rings. The molecule has 8 heteroatoms. The van der Waals surface area contributed by atoms with E-state index in [1.54, 1.807) is 0 Å². The molecule has 1 N–H and O–H groups in total. The molecule has 2 amide bonds. The molecule has 1 unspecified atom stereocenters. The molecule has 1 fully saturated rings. The third-order valence-electron chi connectivity index (χ3n) is 5.47. The molecule has 4 rings (SSSR count). The molecule has 5 nitrogen and oxygen atoms in total. The van der Waals surface area contributed by atoms with Crippen molar-refractivity contribution in [3.05, 3.63) is 111 Å². The van der Waals surface area contributed by atoms with Gasteiger partial charge in [0.2, 0.25) is 5.91 Å². The van der Waals surface area contributed by atoms with Gasteiger partial charge in [-0.05, 0) is 60.4 Å². The molecule has 0 aliphatic carbocycles. The first kappa shape index (κ1) is 24.7. The normalized spacial score (nSPS) is 16.7.